The van der Waals surface area contributed by atoms with Gasteiger partial charge in [0.05, 0.1) is 5.56 Å². The molecule has 1 N–H and O–H groups in total. The predicted molar refractivity (Wildman–Crippen MR) is 70.8 cm³/mol. The average molecular weight is 338 g/mol. The Morgan fingerprint density at radius 2 is 2.00 bits per heavy atom. The molecule has 1 rings (SSSR count). The first-order chi connectivity index (χ1) is 9.87. The highest BCUT2D eigenvalue weighted by atomic mass is 32.2. The molecule has 1 aromatic rings. The van der Waals surface area contributed by atoms with Crippen LogP contribution in [0.25, 0.3) is 0 Å². The summed E-state index contributed by atoms with van der Waals surface area (Å²) in [5, 5.41) is 8.84. The van der Waals surface area contributed by atoms with Gasteiger partial charge in [-0.25, -0.2) is 18.2 Å². The topological polar surface area (TPSA) is 87.6 Å². The summed E-state index contributed by atoms with van der Waals surface area (Å²) < 4.78 is 63.2. The summed E-state index contributed by atoms with van der Waals surface area (Å²) in [7, 11) is -2.98. The van der Waals surface area contributed by atoms with E-state index in [9.17, 15) is 26.4 Å². The number of aromatic carboxylic acids is 1. The molecule has 0 aliphatic heterocycles. The van der Waals surface area contributed by atoms with Gasteiger partial charge in [0.1, 0.15) is 4.90 Å². The van der Waals surface area contributed by atoms with Gasteiger partial charge in [0.2, 0.25) is 10.0 Å². The lowest BCUT2D eigenvalue weighted by Crippen LogP contribution is -2.29. The normalized spacial score (nSPS) is 12.5. The lowest BCUT2D eigenvalue weighted by Gasteiger charge is -2.18. The summed E-state index contributed by atoms with van der Waals surface area (Å²) in [6.45, 7) is 5.04. The van der Waals surface area contributed by atoms with E-state index in [0.717, 1.165) is 4.31 Å². The molecule has 0 aliphatic carbocycles. The first-order valence-corrected chi connectivity index (χ1v) is 7.22. The number of hydrogen-bond acceptors (Lipinski definition) is 4. The van der Waals surface area contributed by atoms with Gasteiger partial charge in [-0.2, -0.15) is 17.5 Å². The number of alkyl halides is 3. The zero-order chi connectivity index (χ0) is 17.3. The second-order valence-corrected chi connectivity index (χ2v) is 6.63. The fraction of sp³-hybridized carbons (Fsp3) is 0.333. The van der Waals surface area contributed by atoms with Crippen LogP contribution in [0.4, 0.5) is 13.2 Å². The SMILES string of the molecule is C=C(C)CN(C)S(=O)(=O)c1cnc(C(F)(F)F)c(C(=O)O)c1. The molecule has 1 aromatic heterocycles. The van der Waals surface area contributed by atoms with Gasteiger partial charge in [-0.15, -0.1) is 0 Å². The van der Waals surface area contributed by atoms with Crippen molar-refractivity contribution < 1.29 is 31.5 Å². The van der Waals surface area contributed by atoms with Crippen LogP contribution < -0.4 is 0 Å². The maximum Gasteiger partial charge on any atom is 0.434 e. The van der Waals surface area contributed by atoms with E-state index < -0.39 is 38.3 Å². The van der Waals surface area contributed by atoms with E-state index in [1.54, 1.807) is 6.92 Å². The van der Waals surface area contributed by atoms with Crippen molar-refractivity contribution in [1.82, 2.24) is 9.29 Å². The number of sulfonamides is 1. The van der Waals surface area contributed by atoms with Gasteiger partial charge < -0.3 is 5.11 Å². The molecule has 10 heteroatoms. The van der Waals surface area contributed by atoms with E-state index >= 15 is 0 Å². The van der Waals surface area contributed by atoms with Crippen molar-refractivity contribution in [1.29, 1.82) is 0 Å². The van der Waals surface area contributed by atoms with Crippen molar-refractivity contribution in [3.05, 3.63) is 35.7 Å². The number of carboxylic acid groups (broad SMARTS) is 1. The molecule has 0 unspecified atom stereocenters. The number of rotatable bonds is 5. The molecule has 0 atom stereocenters. The molecule has 6 nitrogen and oxygen atoms in total. The lowest BCUT2D eigenvalue weighted by atomic mass is 10.2. The first-order valence-electron chi connectivity index (χ1n) is 5.78. The third kappa shape index (κ3) is 3.83. The average Bonchev–Trinajstić information content (AvgIpc) is 2.35. The fourth-order valence-corrected chi connectivity index (χ4v) is 2.82. The molecule has 0 bridgehead atoms. The highest BCUT2D eigenvalue weighted by molar-refractivity contribution is 7.89. The maximum absolute atomic E-state index is 12.7. The third-order valence-electron chi connectivity index (χ3n) is 2.56. The third-order valence-corrected chi connectivity index (χ3v) is 4.33. The molecule has 1 heterocycles. The smallest absolute Gasteiger partial charge is 0.434 e. The summed E-state index contributed by atoms with van der Waals surface area (Å²) in [4.78, 5) is 13.3. The van der Waals surface area contributed by atoms with E-state index in [0.29, 0.717) is 17.8 Å². The summed E-state index contributed by atoms with van der Waals surface area (Å²) in [5.41, 5.74) is -2.37. The highest BCUT2D eigenvalue weighted by Gasteiger charge is 2.38. The number of halogens is 3. The van der Waals surface area contributed by atoms with Gasteiger partial charge in [-0.05, 0) is 13.0 Å². The van der Waals surface area contributed by atoms with Gasteiger partial charge in [-0.1, -0.05) is 12.2 Å². The molecule has 0 aromatic carbocycles. The van der Waals surface area contributed by atoms with E-state index in [2.05, 4.69) is 11.6 Å². The van der Waals surface area contributed by atoms with Crippen LogP contribution in [0, 0.1) is 0 Å². The highest BCUT2D eigenvalue weighted by Crippen LogP contribution is 2.31. The number of nitrogens with zero attached hydrogens (tertiary/aromatic N) is 2. The zero-order valence-electron chi connectivity index (χ0n) is 11.7. The Kier molecular flexibility index (Phi) is 4.98. The Balaban J connectivity index is 3.43. The van der Waals surface area contributed by atoms with Gasteiger partial charge in [0.25, 0.3) is 0 Å². The van der Waals surface area contributed by atoms with Crippen LogP contribution in [0.15, 0.2) is 29.3 Å². The Morgan fingerprint density at radius 3 is 2.41 bits per heavy atom. The van der Waals surface area contributed by atoms with E-state index in [4.69, 9.17) is 5.11 Å². The molecule has 0 spiro atoms. The number of aromatic nitrogens is 1. The second kappa shape index (κ2) is 6.05. The molecule has 22 heavy (non-hydrogen) atoms. The van der Waals surface area contributed by atoms with Crippen LogP contribution in [0.2, 0.25) is 0 Å². The van der Waals surface area contributed by atoms with Gasteiger partial charge in [-0.3, -0.25) is 0 Å². The minimum absolute atomic E-state index is 0.0637. The molecule has 0 radical (unpaired) electrons. The Labute approximate surface area is 124 Å². The predicted octanol–water partition coefficient (Wildman–Crippen LogP) is 2.00. The van der Waals surface area contributed by atoms with Gasteiger partial charge in [0, 0.05) is 19.8 Å². The van der Waals surface area contributed by atoms with Crippen LogP contribution in [-0.4, -0.2) is 42.4 Å². The molecule has 0 amide bonds. The van der Waals surface area contributed by atoms with Crippen molar-refractivity contribution in [2.75, 3.05) is 13.6 Å². The largest absolute Gasteiger partial charge is 0.478 e. The van der Waals surface area contributed by atoms with Crippen LogP contribution in [-0.2, 0) is 16.2 Å². The summed E-state index contributed by atoms with van der Waals surface area (Å²) in [5.74, 6) is -1.92. The molecule has 0 saturated carbocycles. The van der Waals surface area contributed by atoms with Crippen LogP contribution >= 0.6 is 0 Å². The molecule has 0 fully saturated rings. The summed E-state index contributed by atoms with van der Waals surface area (Å²) in [6.07, 6.45) is -4.51. The number of carbonyl (C=O) groups is 1. The Hall–Kier alpha value is -1.94. The Morgan fingerprint density at radius 1 is 1.45 bits per heavy atom. The van der Waals surface area contributed by atoms with E-state index in [-0.39, 0.29) is 6.54 Å². The molecule has 122 valence electrons. The van der Waals surface area contributed by atoms with E-state index in [1.165, 1.54) is 7.05 Å². The number of carboxylic acids is 1. The van der Waals surface area contributed by atoms with Crippen molar-refractivity contribution >= 4 is 16.0 Å². The molecule has 0 aliphatic rings. The van der Waals surface area contributed by atoms with E-state index in [1.807, 2.05) is 0 Å². The van der Waals surface area contributed by atoms with Crippen LogP contribution in [0.5, 0.6) is 0 Å². The van der Waals surface area contributed by atoms with Gasteiger partial charge >= 0.3 is 12.1 Å². The van der Waals surface area contributed by atoms with Crippen molar-refractivity contribution in [2.45, 2.75) is 18.0 Å². The standard InChI is InChI=1S/C12H13F3N2O4S/c1-7(2)6-17(3)22(20,21)8-4-9(11(18)19)10(16-5-8)12(13,14)15/h4-5H,1,6H2,2-3H3,(H,18,19). The zero-order valence-corrected chi connectivity index (χ0v) is 12.5. The van der Waals surface area contributed by atoms with Gasteiger partial charge in [0.15, 0.2) is 5.69 Å². The molecular weight excluding hydrogens is 325 g/mol. The van der Waals surface area contributed by atoms with Crippen LogP contribution in [0.3, 0.4) is 0 Å². The summed E-state index contributed by atoms with van der Waals surface area (Å²) in [6, 6.07) is 0.447. The molecule has 0 saturated heterocycles. The minimum atomic E-state index is -5.00. The Bertz CT molecular complexity index is 714. The minimum Gasteiger partial charge on any atom is -0.478 e. The van der Waals surface area contributed by atoms with Crippen molar-refractivity contribution in [3.63, 3.8) is 0 Å². The van der Waals surface area contributed by atoms with Crippen molar-refractivity contribution in [2.24, 2.45) is 0 Å². The molecular formula is C12H13F3N2O4S. The summed E-state index contributed by atoms with van der Waals surface area (Å²) >= 11 is 0. The number of pyridine rings is 1. The van der Waals surface area contributed by atoms with Crippen LogP contribution in [0.1, 0.15) is 23.0 Å². The fourth-order valence-electron chi connectivity index (χ4n) is 1.62. The van der Waals surface area contributed by atoms with Crippen molar-refractivity contribution in [3.8, 4) is 0 Å². The monoisotopic (exact) mass is 338 g/mol. The lowest BCUT2D eigenvalue weighted by molar-refractivity contribution is -0.141. The quantitative estimate of drug-likeness (QED) is 0.830. The number of likely N-dealkylation sites (N-methyl/N-ethyl adjacent to an activating group) is 1. The maximum atomic E-state index is 12.7. The first kappa shape index (κ1) is 18.1. The second-order valence-electron chi connectivity index (χ2n) is 4.59. The number of hydrogen-bond donors (Lipinski definition) is 1.